The summed E-state index contributed by atoms with van der Waals surface area (Å²) in [6.45, 7) is 3.42. The molecular weight excluding hydrogens is 344 g/mol. The molecule has 0 atom stereocenters. The number of rotatable bonds is 3. The van der Waals surface area contributed by atoms with Crippen molar-refractivity contribution in [1.29, 1.82) is 0 Å². The molecule has 0 amide bonds. The van der Waals surface area contributed by atoms with Crippen molar-refractivity contribution in [3.63, 3.8) is 0 Å². The highest BCUT2D eigenvalue weighted by atomic mass is 79.9. The lowest BCUT2D eigenvalue weighted by atomic mass is 10.1. The number of ketones is 1. The van der Waals surface area contributed by atoms with Gasteiger partial charge >= 0.3 is 5.69 Å². The summed E-state index contributed by atoms with van der Waals surface area (Å²) in [7, 11) is 0. The van der Waals surface area contributed by atoms with E-state index in [4.69, 9.17) is 11.6 Å². The molecule has 0 N–H and O–H groups in total. The first-order valence-corrected chi connectivity index (χ1v) is 7.10. The summed E-state index contributed by atoms with van der Waals surface area (Å²) in [6, 6.07) is 6.77. The zero-order valence-corrected chi connectivity index (χ0v) is 13.3. The summed E-state index contributed by atoms with van der Waals surface area (Å²) in [4.78, 5) is 28.0. The van der Waals surface area contributed by atoms with Crippen LogP contribution < -0.4 is 5.69 Å². The van der Waals surface area contributed by atoms with Crippen LogP contribution in [-0.2, 0) is 6.54 Å². The Morgan fingerprint density at radius 1 is 1.35 bits per heavy atom. The van der Waals surface area contributed by atoms with Crippen molar-refractivity contribution < 1.29 is 4.79 Å². The molecule has 0 saturated heterocycles. The van der Waals surface area contributed by atoms with Crippen molar-refractivity contribution in [2.24, 2.45) is 0 Å². The van der Waals surface area contributed by atoms with Crippen LogP contribution in [0.2, 0.25) is 5.02 Å². The van der Waals surface area contributed by atoms with E-state index in [-0.39, 0.29) is 12.3 Å². The fourth-order valence-corrected chi connectivity index (χ4v) is 2.42. The third-order valence-corrected chi connectivity index (χ3v) is 4.49. The van der Waals surface area contributed by atoms with Crippen molar-refractivity contribution in [1.82, 2.24) is 9.55 Å². The van der Waals surface area contributed by atoms with Crippen molar-refractivity contribution in [3.8, 4) is 0 Å². The SMILES string of the molecule is Cc1nc(=O)n(CC(=O)c2ccccc2Cl)c(C)c1Br. The highest BCUT2D eigenvalue weighted by molar-refractivity contribution is 9.10. The molecule has 0 aliphatic carbocycles. The van der Waals surface area contributed by atoms with Gasteiger partial charge in [0.05, 0.1) is 21.7 Å². The molecule has 20 heavy (non-hydrogen) atoms. The van der Waals surface area contributed by atoms with Gasteiger partial charge in [-0.3, -0.25) is 9.36 Å². The first-order chi connectivity index (χ1) is 9.41. The van der Waals surface area contributed by atoms with E-state index in [1.165, 1.54) is 4.57 Å². The van der Waals surface area contributed by atoms with E-state index in [9.17, 15) is 9.59 Å². The highest BCUT2D eigenvalue weighted by Gasteiger charge is 2.15. The van der Waals surface area contributed by atoms with Gasteiger partial charge in [-0.25, -0.2) is 4.79 Å². The van der Waals surface area contributed by atoms with E-state index in [0.717, 1.165) is 4.47 Å². The fraction of sp³-hybridized carbons (Fsp3) is 0.214. The Kier molecular flexibility index (Phi) is 4.40. The predicted molar refractivity (Wildman–Crippen MR) is 81.5 cm³/mol. The summed E-state index contributed by atoms with van der Waals surface area (Å²) in [5, 5.41) is 0.377. The summed E-state index contributed by atoms with van der Waals surface area (Å²) >= 11 is 9.35. The van der Waals surface area contributed by atoms with Crippen molar-refractivity contribution in [2.75, 3.05) is 0 Å². The molecule has 6 heteroatoms. The normalized spacial score (nSPS) is 10.6. The minimum absolute atomic E-state index is 0.0831. The topological polar surface area (TPSA) is 52.0 Å². The van der Waals surface area contributed by atoms with Gasteiger partial charge < -0.3 is 0 Å². The lowest BCUT2D eigenvalue weighted by Crippen LogP contribution is -2.29. The number of hydrogen-bond donors (Lipinski definition) is 0. The number of aryl methyl sites for hydroxylation is 1. The smallest absolute Gasteiger partial charge is 0.292 e. The zero-order valence-electron chi connectivity index (χ0n) is 11.0. The Morgan fingerprint density at radius 2 is 2.00 bits per heavy atom. The molecule has 0 radical (unpaired) electrons. The van der Waals surface area contributed by atoms with Gasteiger partial charge in [0.25, 0.3) is 0 Å². The third-order valence-electron chi connectivity index (χ3n) is 3.01. The highest BCUT2D eigenvalue weighted by Crippen LogP contribution is 2.19. The number of Topliss-reactive ketones (excluding diaryl/α,β-unsaturated/α-hetero) is 1. The van der Waals surface area contributed by atoms with E-state index in [1.807, 2.05) is 0 Å². The standard InChI is InChI=1S/C14H12BrClN2O2/c1-8-13(15)9(2)18(14(20)17-8)7-12(19)10-5-3-4-6-11(10)16/h3-6H,7H2,1-2H3. The van der Waals surface area contributed by atoms with Gasteiger partial charge in [0.15, 0.2) is 5.78 Å². The van der Waals surface area contributed by atoms with Crippen LogP contribution in [0.5, 0.6) is 0 Å². The second kappa shape index (κ2) is 5.89. The Balaban J connectivity index is 2.41. The van der Waals surface area contributed by atoms with E-state index < -0.39 is 5.69 Å². The maximum Gasteiger partial charge on any atom is 0.348 e. The maximum atomic E-state index is 12.2. The molecule has 0 aliphatic heterocycles. The summed E-state index contributed by atoms with van der Waals surface area (Å²) in [6.07, 6.45) is 0. The van der Waals surface area contributed by atoms with Gasteiger partial charge in [-0.2, -0.15) is 4.98 Å². The number of carbonyl (C=O) groups excluding carboxylic acids is 1. The minimum Gasteiger partial charge on any atom is -0.292 e. The molecule has 0 aliphatic rings. The molecule has 0 fully saturated rings. The van der Waals surface area contributed by atoms with Gasteiger partial charge in [0.2, 0.25) is 0 Å². The molecule has 0 spiro atoms. The number of halogens is 2. The molecule has 104 valence electrons. The Labute approximate surface area is 129 Å². The van der Waals surface area contributed by atoms with Crippen molar-refractivity contribution in [2.45, 2.75) is 20.4 Å². The monoisotopic (exact) mass is 354 g/mol. The number of hydrogen-bond acceptors (Lipinski definition) is 3. The van der Waals surface area contributed by atoms with Crippen LogP contribution in [-0.4, -0.2) is 15.3 Å². The Hall–Kier alpha value is -1.46. The summed E-state index contributed by atoms with van der Waals surface area (Å²) in [5.74, 6) is -0.224. The fourth-order valence-electron chi connectivity index (χ4n) is 1.88. The largest absolute Gasteiger partial charge is 0.348 e. The maximum absolute atomic E-state index is 12.2. The van der Waals surface area contributed by atoms with Crippen LogP contribution in [0.1, 0.15) is 21.7 Å². The minimum atomic E-state index is -0.441. The van der Waals surface area contributed by atoms with Crippen LogP contribution in [0.15, 0.2) is 33.5 Å². The van der Waals surface area contributed by atoms with Gasteiger partial charge in [0, 0.05) is 11.3 Å². The van der Waals surface area contributed by atoms with Gasteiger partial charge in [0.1, 0.15) is 0 Å². The van der Waals surface area contributed by atoms with Crippen LogP contribution in [0.4, 0.5) is 0 Å². The first-order valence-electron chi connectivity index (χ1n) is 5.93. The second-order valence-electron chi connectivity index (χ2n) is 4.37. The molecule has 0 bridgehead atoms. The second-order valence-corrected chi connectivity index (χ2v) is 5.57. The van der Waals surface area contributed by atoms with Crippen LogP contribution >= 0.6 is 27.5 Å². The first kappa shape index (κ1) is 14.9. The predicted octanol–water partition coefficient (Wildman–Crippen LogP) is 3.16. The van der Waals surface area contributed by atoms with E-state index in [0.29, 0.717) is 22.0 Å². The number of benzene rings is 1. The molecular formula is C14H12BrClN2O2. The lowest BCUT2D eigenvalue weighted by Gasteiger charge is -2.11. The molecule has 1 heterocycles. The molecule has 4 nitrogen and oxygen atoms in total. The van der Waals surface area contributed by atoms with E-state index in [1.54, 1.807) is 38.1 Å². The average molecular weight is 356 g/mol. The van der Waals surface area contributed by atoms with Gasteiger partial charge in [-0.15, -0.1) is 0 Å². The van der Waals surface area contributed by atoms with E-state index in [2.05, 4.69) is 20.9 Å². The average Bonchev–Trinajstić information content (AvgIpc) is 2.41. The summed E-state index contributed by atoms with van der Waals surface area (Å²) < 4.78 is 2.06. The molecule has 1 aromatic carbocycles. The molecule has 0 unspecified atom stereocenters. The van der Waals surface area contributed by atoms with Crippen molar-refractivity contribution in [3.05, 3.63) is 61.2 Å². The number of carbonyl (C=O) groups is 1. The Morgan fingerprint density at radius 3 is 2.65 bits per heavy atom. The van der Waals surface area contributed by atoms with Crippen LogP contribution in [0.25, 0.3) is 0 Å². The quantitative estimate of drug-likeness (QED) is 0.795. The third kappa shape index (κ3) is 2.83. The van der Waals surface area contributed by atoms with Gasteiger partial charge in [-0.1, -0.05) is 23.7 Å². The van der Waals surface area contributed by atoms with Crippen molar-refractivity contribution >= 4 is 33.3 Å². The lowest BCUT2D eigenvalue weighted by molar-refractivity contribution is 0.0969. The summed E-state index contributed by atoms with van der Waals surface area (Å²) in [5.41, 5.74) is 1.23. The number of aromatic nitrogens is 2. The molecule has 2 rings (SSSR count). The molecule has 1 aromatic heterocycles. The van der Waals surface area contributed by atoms with Crippen LogP contribution in [0.3, 0.4) is 0 Å². The van der Waals surface area contributed by atoms with Crippen LogP contribution in [0, 0.1) is 13.8 Å². The number of nitrogens with zero attached hydrogens (tertiary/aromatic N) is 2. The zero-order chi connectivity index (χ0) is 14.9. The molecule has 0 saturated carbocycles. The van der Waals surface area contributed by atoms with E-state index >= 15 is 0 Å². The molecule has 2 aromatic rings. The Bertz CT molecular complexity index is 740. The van der Waals surface area contributed by atoms with Gasteiger partial charge in [-0.05, 0) is 41.9 Å².